The maximum absolute atomic E-state index is 13.6. The third-order valence-corrected chi connectivity index (χ3v) is 5.27. The van der Waals surface area contributed by atoms with Crippen molar-refractivity contribution in [3.63, 3.8) is 0 Å². The van der Waals surface area contributed by atoms with Gasteiger partial charge in [-0.15, -0.1) is 0 Å². The third kappa shape index (κ3) is 5.68. The van der Waals surface area contributed by atoms with Gasteiger partial charge in [0.25, 0.3) is 0 Å². The van der Waals surface area contributed by atoms with Gasteiger partial charge in [-0.2, -0.15) is 0 Å². The Bertz CT molecular complexity index is 1110. The highest BCUT2D eigenvalue weighted by Crippen LogP contribution is 2.32. The fourth-order valence-electron chi connectivity index (χ4n) is 3.51. The van der Waals surface area contributed by atoms with Crippen LogP contribution in [0.15, 0.2) is 72.9 Å². The molecule has 1 N–H and O–H groups in total. The number of carbonyl (C=O) groups is 3. The highest BCUT2D eigenvalue weighted by Gasteiger charge is 2.42. The highest BCUT2D eigenvalue weighted by atomic mass is 19.1. The molecule has 2 aromatic carbocycles. The molecule has 0 saturated heterocycles. The number of carbonyl (C=O) groups excluding carboxylic acids is 3. The Morgan fingerprint density at radius 2 is 1.61 bits per heavy atom. The average molecular weight is 448 g/mol. The van der Waals surface area contributed by atoms with Gasteiger partial charge in [-0.25, -0.2) is 4.39 Å². The summed E-state index contributed by atoms with van der Waals surface area (Å²) in [6.07, 6.45) is 1.50. The van der Waals surface area contributed by atoms with Crippen molar-refractivity contribution in [2.75, 3.05) is 12.4 Å². The molecule has 170 valence electrons. The lowest BCUT2D eigenvalue weighted by atomic mass is 9.77. The van der Waals surface area contributed by atoms with Crippen LogP contribution >= 0.6 is 0 Å². The molecule has 7 heteroatoms. The first-order chi connectivity index (χ1) is 15.8. The van der Waals surface area contributed by atoms with Crippen LogP contribution in [0.5, 0.6) is 5.75 Å². The summed E-state index contributed by atoms with van der Waals surface area (Å²) in [7, 11) is 1.53. The van der Waals surface area contributed by atoms with Gasteiger partial charge in [-0.3, -0.25) is 19.4 Å². The van der Waals surface area contributed by atoms with Gasteiger partial charge in [0.05, 0.1) is 18.7 Å². The third-order valence-electron chi connectivity index (χ3n) is 5.27. The number of amides is 1. The fraction of sp³-hybridized carbons (Fsp3) is 0.231. The van der Waals surface area contributed by atoms with Crippen molar-refractivity contribution in [2.45, 2.75) is 19.8 Å². The average Bonchev–Trinajstić information content (AvgIpc) is 2.83. The van der Waals surface area contributed by atoms with Crippen LogP contribution in [0.3, 0.4) is 0 Å². The van der Waals surface area contributed by atoms with E-state index in [0.29, 0.717) is 11.4 Å². The SMILES string of the molecule is COc1ccc(NC(=O)C(C(=O)C(C)C)C(C(=O)c2ccc(F)cc2)c2ccccn2)cc1. The monoisotopic (exact) mass is 448 g/mol. The summed E-state index contributed by atoms with van der Waals surface area (Å²) >= 11 is 0. The van der Waals surface area contributed by atoms with Gasteiger partial charge in [0, 0.05) is 23.4 Å². The normalized spacial score (nSPS) is 12.6. The minimum atomic E-state index is -1.33. The topological polar surface area (TPSA) is 85.4 Å². The van der Waals surface area contributed by atoms with E-state index in [2.05, 4.69) is 10.3 Å². The van der Waals surface area contributed by atoms with Crippen molar-refractivity contribution < 1.29 is 23.5 Å². The molecule has 0 spiro atoms. The Morgan fingerprint density at radius 1 is 0.939 bits per heavy atom. The zero-order valence-electron chi connectivity index (χ0n) is 18.6. The van der Waals surface area contributed by atoms with Crippen molar-refractivity contribution in [3.8, 4) is 5.75 Å². The molecule has 0 bridgehead atoms. The summed E-state index contributed by atoms with van der Waals surface area (Å²) in [5.74, 6) is -4.41. The number of hydrogen-bond donors (Lipinski definition) is 1. The summed E-state index contributed by atoms with van der Waals surface area (Å²) in [4.78, 5) is 44.5. The van der Waals surface area contributed by atoms with Gasteiger partial charge in [-0.1, -0.05) is 19.9 Å². The van der Waals surface area contributed by atoms with Crippen LogP contribution in [-0.4, -0.2) is 29.6 Å². The van der Waals surface area contributed by atoms with E-state index in [-0.39, 0.29) is 11.3 Å². The molecule has 2 unspecified atom stereocenters. The zero-order valence-corrected chi connectivity index (χ0v) is 18.6. The lowest BCUT2D eigenvalue weighted by molar-refractivity contribution is -0.133. The first-order valence-electron chi connectivity index (χ1n) is 10.5. The number of nitrogens with zero attached hydrogens (tertiary/aromatic N) is 1. The molecular formula is C26H25FN2O4. The van der Waals surface area contributed by atoms with E-state index in [1.54, 1.807) is 56.3 Å². The van der Waals surface area contributed by atoms with Crippen LogP contribution in [0.2, 0.25) is 0 Å². The quantitative estimate of drug-likeness (QED) is 0.380. The van der Waals surface area contributed by atoms with Crippen molar-refractivity contribution >= 4 is 23.2 Å². The molecule has 0 aliphatic rings. The van der Waals surface area contributed by atoms with Crippen molar-refractivity contribution in [3.05, 3.63) is 90.0 Å². The summed E-state index contributed by atoms with van der Waals surface area (Å²) < 4.78 is 18.6. The lowest BCUT2D eigenvalue weighted by Gasteiger charge is -2.26. The number of ether oxygens (including phenoxy) is 1. The number of nitrogens with one attached hydrogen (secondary N) is 1. The molecule has 3 rings (SSSR count). The van der Waals surface area contributed by atoms with E-state index in [1.165, 1.54) is 37.6 Å². The summed E-state index contributed by atoms with van der Waals surface area (Å²) in [6.45, 7) is 3.35. The first-order valence-corrected chi connectivity index (χ1v) is 10.5. The number of ketones is 2. The second-order valence-electron chi connectivity index (χ2n) is 7.86. The Hall–Kier alpha value is -3.87. The van der Waals surface area contributed by atoms with Gasteiger partial charge < -0.3 is 10.1 Å². The maximum Gasteiger partial charge on any atom is 0.236 e. The maximum atomic E-state index is 13.6. The van der Waals surface area contributed by atoms with Gasteiger partial charge in [-0.05, 0) is 60.7 Å². The van der Waals surface area contributed by atoms with Crippen molar-refractivity contribution in [2.24, 2.45) is 11.8 Å². The zero-order chi connectivity index (χ0) is 24.0. The molecule has 33 heavy (non-hydrogen) atoms. The van der Waals surface area contributed by atoms with Gasteiger partial charge in [0.2, 0.25) is 5.91 Å². The lowest BCUT2D eigenvalue weighted by Crippen LogP contribution is -2.40. The van der Waals surface area contributed by atoms with E-state index in [9.17, 15) is 18.8 Å². The second-order valence-corrected chi connectivity index (χ2v) is 7.86. The van der Waals surface area contributed by atoms with E-state index in [0.717, 1.165) is 0 Å². The first kappa shape index (κ1) is 23.8. The number of benzene rings is 2. The predicted octanol–water partition coefficient (Wildman–Crippen LogP) is 4.68. The molecular weight excluding hydrogens is 423 g/mol. The van der Waals surface area contributed by atoms with Crippen LogP contribution in [0.25, 0.3) is 0 Å². The molecule has 0 saturated carbocycles. The molecule has 3 aromatic rings. The summed E-state index contributed by atoms with van der Waals surface area (Å²) in [5.41, 5.74) is 0.929. The molecule has 1 aromatic heterocycles. The smallest absolute Gasteiger partial charge is 0.236 e. The number of methoxy groups -OCH3 is 1. The van der Waals surface area contributed by atoms with E-state index < -0.39 is 41.0 Å². The summed E-state index contributed by atoms with van der Waals surface area (Å²) in [5, 5.41) is 2.74. The molecule has 1 heterocycles. The van der Waals surface area contributed by atoms with Crippen LogP contribution in [-0.2, 0) is 9.59 Å². The predicted molar refractivity (Wildman–Crippen MR) is 123 cm³/mol. The Morgan fingerprint density at radius 3 is 2.15 bits per heavy atom. The van der Waals surface area contributed by atoms with Crippen LogP contribution < -0.4 is 10.1 Å². The second kappa shape index (κ2) is 10.6. The van der Waals surface area contributed by atoms with Crippen LogP contribution in [0.1, 0.15) is 35.8 Å². The van der Waals surface area contributed by atoms with Crippen LogP contribution in [0.4, 0.5) is 10.1 Å². The van der Waals surface area contributed by atoms with E-state index in [1.807, 2.05) is 0 Å². The number of rotatable bonds is 9. The Labute approximate surface area is 191 Å². The fourth-order valence-corrected chi connectivity index (χ4v) is 3.51. The highest BCUT2D eigenvalue weighted by molar-refractivity contribution is 6.14. The largest absolute Gasteiger partial charge is 0.497 e. The van der Waals surface area contributed by atoms with Crippen molar-refractivity contribution in [1.82, 2.24) is 4.98 Å². The number of aromatic nitrogens is 1. The van der Waals surface area contributed by atoms with Gasteiger partial charge in [0.15, 0.2) is 5.78 Å². The van der Waals surface area contributed by atoms with Gasteiger partial charge >= 0.3 is 0 Å². The van der Waals surface area contributed by atoms with Crippen LogP contribution in [0, 0.1) is 17.7 Å². The van der Waals surface area contributed by atoms with E-state index in [4.69, 9.17) is 4.74 Å². The number of hydrogen-bond acceptors (Lipinski definition) is 5. The molecule has 0 fully saturated rings. The van der Waals surface area contributed by atoms with Crippen molar-refractivity contribution in [1.29, 1.82) is 0 Å². The molecule has 0 aliphatic heterocycles. The Balaban J connectivity index is 2.05. The number of Topliss-reactive ketones (excluding diaryl/α,β-unsaturated/α-hetero) is 2. The minimum absolute atomic E-state index is 0.186. The minimum Gasteiger partial charge on any atom is -0.497 e. The summed E-state index contributed by atoms with van der Waals surface area (Å²) in [6, 6.07) is 16.6. The molecule has 6 nitrogen and oxygen atoms in total. The number of pyridine rings is 1. The molecule has 0 radical (unpaired) electrons. The van der Waals surface area contributed by atoms with Gasteiger partial charge in [0.1, 0.15) is 23.3 Å². The standard InChI is InChI=1S/C26H25FN2O4/c1-16(2)24(30)23(26(32)29-19-11-13-20(33-3)14-12-19)22(21-6-4-5-15-28-21)25(31)17-7-9-18(27)10-8-17/h4-16,22-23H,1-3H3,(H,29,32). The molecule has 1 amide bonds. The molecule has 0 aliphatic carbocycles. The van der Waals surface area contributed by atoms with E-state index >= 15 is 0 Å². The number of anilines is 1. The molecule has 2 atom stereocenters. The Kier molecular flexibility index (Phi) is 7.66. The number of halogens is 1.